The zero-order chi connectivity index (χ0) is 13.9. The van der Waals surface area contributed by atoms with E-state index in [2.05, 4.69) is 20.5 Å². The Balaban J connectivity index is 3.61. The first kappa shape index (κ1) is 16.9. The largest absolute Gasteiger partial charge is 0.411 e. The van der Waals surface area contributed by atoms with Gasteiger partial charge in [0.15, 0.2) is 0 Å². The maximum absolute atomic E-state index is 11.7. The number of alkyl halides is 3. The minimum absolute atomic E-state index is 0.0850. The maximum atomic E-state index is 11.7. The first-order chi connectivity index (χ1) is 8.49. The van der Waals surface area contributed by atoms with Crippen LogP contribution in [0.15, 0.2) is 4.99 Å². The van der Waals surface area contributed by atoms with Gasteiger partial charge in [0.05, 0.1) is 6.61 Å². The van der Waals surface area contributed by atoms with Crippen LogP contribution in [0.25, 0.3) is 0 Å². The average Bonchev–Trinajstić information content (AvgIpc) is 2.30. The van der Waals surface area contributed by atoms with E-state index in [9.17, 15) is 13.2 Å². The molecule has 0 unspecified atom stereocenters. The second-order valence-corrected chi connectivity index (χ2v) is 3.32. The molecule has 0 radical (unpaired) electrons. The molecule has 0 amide bonds. The molecule has 0 heterocycles. The van der Waals surface area contributed by atoms with Crippen LogP contribution in [-0.4, -0.2) is 52.2 Å². The van der Waals surface area contributed by atoms with Gasteiger partial charge in [0, 0.05) is 26.8 Å². The first-order valence-electron chi connectivity index (χ1n) is 5.38. The van der Waals surface area contributed by atoms with Crippen LogP contribution in [0.1, 0.15) is 6.42 Å². The number of methoxy groups -OCH3 is 1. The van der Waals surface area contributed by atoms with Gasteiger partial charge < -0.3 is 14.8 Å². The summed E-state index contributed by atoms with van der Waals surface area (Å²) in [6, 6.07) is 0. The Morgan fingerprint density at radius 3 is 2.61 bits per heavy atom. The van der Waals surface area contributed by atoms with Crippen molar-refractivity contribution in [2.24, 2.45) is 10.8 Å². The summed E-state index contributed by atoms with van der Waals surface area (Å²) in [6.45, 7) is -0.0768. The first-order valence-corrected chi connectivity index (χ1v) is 5.38. The fourth-order valence-corrected chi connectivity index (χ4v) is 0.982. The van der Waals surface area contributed by atoms with Crippen LogP contribution in [-0.2, 0) is 9.47 Å². The van der Waals surface area contributed by atoms with E-state index in [-0.39, 0.29) is 13.2 Å². The molecule has 0 rings (SSSR count). The van der Waals surface area contributed by atoms with Crippen LogP contribution in [0.5, 0.6) is 0 Å². The highest BCUT2D eigenvalue weighted by Crippen LogP contribution is 2.13. The molecule has 0 aliphatic carbocycles. The number of guanidine groups is 1. The highest BCUT2D eigenvalue weighted by Gasteiger charge is 2.27. The lowest BCUT2D eigenvalue weighted by molar-refractivity contribution is -0.173. The van der Waals surface area contributed by atoms with Gasteiger partial charge in [-0.05, 0) is 6.42 Å². The summed E-state index contributed by atoms with van der Waals surface area (Å²) in [4.78, 5) is 4.04. The van der Waals surface area contributed by atoms with E-state index in [0.717, 1.165) is 6.42 Å². The van der Waals surface area contributed by atoms with E-state index in [1.807, 2.05) is 0 Å². The molecule has 108 valence electrons. The van der Waals surface area contributed by atoms with Crippen molar-refractivity contribution in [3.63, 3.8) is 0 Å². The lowest BCUT2D eigenvalue weighted by Gasteiger charge is -2.10. The molecule has 0 atom stereocenters. The SMILES string of the molecule is COCCCN=C(NN)NCCOCC(F)(F)F. The summed E-state index contributed by atoms with van der Waals surface area (Å²) in [5.41, 5.74) is 2.31. The van der Waals surface area contributed by atoms with Crippen molar-refractivity contribution >= 4 is 5.96 Å². The van der Waals surface area contributed by atoms with E-state index in [4.69, 9.17) is 10.6 Å². The van der Waals surface area contributed by atoms with Crippen molar-refractivity contribution < 1.29 is 22.6 Å². The molecule has 6 nitrogen and oxygen atoms in total. The molecule has 0 aromatic carbocycles. The minimum Gasteiger partial charge on any atom is -0.385 e. The number of ether oxygens (including phenoxy) is 2. The van der Waals surface area contributed by atoms with Gasteiger partial charge in [0.1, 0.15) is 6.61 Å². The topological polar surface area (TPSA) is 80.9 Å². The Morgan fingerprint density at radius 2 is 2.06 bits per heavy atom. The quantitative estimate of drug-likeness (QED) is 0.191. The summed E-state index contributed by atoms with van der Waals surface area (Å²) in [7, 11) is 1.59. The maximum Gasteiger partial charge on any atom is 0.411 e. The summed E-state index contributed by atoms with van der Waals surface area (Å²) >= 11 is 0. The molecule has 9 heteroatoms. The van der Waals surface area contributed by atoms with E-state index in [0.29, 0.717) is 19.1 Å². The van der Waals surface area contributed by atoms with Crippen molar-refractivity contribution in [3.05, 3.63) is 0 Å². The van der Waals surface area contributed by atoms with Gasteiger partial charge in [-0.2, -0.15) is 13.2 Å². The number of hydrogen-bond donors (Lipinski definition) is 3. The Labute approximate surface area is 104 Å². The Bertz CT molecular complexity index is 236. The molecular weight excluding hydrogens is 253 g/mol. The molecule has 4 N–H and O–H groups in total. The zero-order valence-electron chi connectivity index (χ0n) is 10.2. The standard InChI is InChI=1S/C9H19F3N4O2/c1-17-5-2-3-14-8(16-13)15-4-6-18-7-9(10,11)12/h2-7,13H2,1H3,(H2,14,15,16). The van der Waals surface area contributed by atoms with Gasteiger partial charge in [0.2, 0.25) is 5.96 Å². The molecule has 18 heavy (non-hydrogen) atoms. The lowest BCUT2D eigenvalue weighted by atomic mass is 10.5. The lowest BCUT2D eigenvalue weighted by Crippen LogP contribution is -2.43. The van der Waals surface area contributed by atoms with Crippen molar-refractivity contribution in [2.45, 2.75) is 12.6 Å². The van der Waals surface area contributed by atoms with Crippen LogP contribution in [0, 0.1) is 0 Å². The van der Waals surface area contributed by atoms with Crippen molar-refractivity contribution in [1.82, 2.24) is 10.7 Å². The summed E-state index contributed by atoms with van der Waals surface area (Å²) in [5, 5.41) is 2.71. The third kappa shape index (κ3) is 11.4. The van der Waals surface area contributed by atoms with Crippen molar-refractivity contribution in [3.8, 4) is 0 Å². The molecule has 0 bridgehead atoms. The molecule has 0 aromatic rings. The molecule has 0 saturated heterocycles. The molecular formula is C9H19F3N4O2. The third-order valence-electron chi connectivity index (χ3n) is 1.72. The van der Waals surface area contributed by atoms with Gasteiger partial charge in [-0.3, -0.25) is 10.4 Å². The monoisotopic (exact) mass is 272 g/mol. The summed E-state index contributed by atoms with van der Waals surface area (Å²) in [6.07, 6.45) is -3.57. The summed E-state index contributed by atoms with van der Waals surface area (Å²) in [5.74, 6) is 5.48. The van der Waals surface area contributed by atoms with Crippen LogP contribution >= 0.6 is 0 Å². The molecule has 0 aliphatic heterocycles. The molecule has 0 spiro atoms. The second kappa shape index (κ2) is 9.92. The van der Waals surface area contributed by atoms with E-state index in [1.165, 1.54) is 0 Å². The van der Waals surface area contributed by atoms with E-state index >= 15 is 0 Å². The van der Waals surface area contributed by atoms with Crippen LogP contribution in [0.3, 0.4) is 0 Å². The fraction of sp³-hybridized carbons (Fsp3) is 0.889. The molecule has 0 aliphatic rings. The fourth-order valence-electron chi connectivity index (χ4n) is 0.982. The van der Waals surface area contributed by atoms with Gasteiger partial charge in [0.25, 0.3) is 0 Å². The van der Waals surface area contributed by atoms with Gasteiger partial charge >= 0.3 is 6.18 Å². The molecule has 0 aromatic heterocycles. The van der Waals surface area contributed by atoms with Crippen LogP contribution in [0.4, 0.5) is 13.2 Å². The number of nitrogens with zero attached hydrogens (tertiary/aromatic N) is 1. The van der Waals surface area contributed by atoms with Crippen molar-refractivity contribution in [2.75, 3.05) is 40.0 Å². The minimum atomic E-state index is -4.30. The highest BCUT2D eigenvalue weighted by molar-refractivity contribution is 5.79. The number of rotatable bonds is 8. The number of hydrazine groups is 1. The number of hydrogen-bond acceptors (Lipinski definition) is 4. The number of aliphatic imine (C=N–C) groups is 1. The Morgan fingerprint density at radius 1 is 1.33 bits per heavy atom. The predicted octanol–water partition coefficient (Wildman–Crippen LogP) is 0.0107. The highest BCUT2D eigenvalue weighted by atomic mass is 19.4. The average molecular weight is 272 g/mol. The van der Waals surface area contributed by atoms with Gasteiger partial charge in [-0.15, -0.1) is 0 Å². The number of nitrogens with one attached hydrogen (secondary N) is 2. The summed E-state index contributed by atoms with van der Waals surface area (Å²) < 4.78 is 44.4. The number of nitrogens with two attached hydrogens (primary N) is 1. The van der Waals surface area contributed by atoms with E-state index in [1.54, 1.807) is 7.11 Å². The van der Waals surface area contributed by atoms with Crippen molar-refractivity contribution in [1.29, 1.82) is 0 Å². The van der Waals surface area contributed by atoms with Crippen LogP contribution in [0.2, 0.25) is 0 Å². The smallest absolute Gasteiger partial charge is 0.385 e. The zero-order valence-corrected chi connectivity index (χ0v) is 10.2. The predicted molar refractivity (Wildman–Crippen MR) is 61.0 cm³/mol. The van der Waals surface area contributed by atoms with E-state index < -0.39 is 12.8 Å². The molecule has 0 fully saturated rings. The van der Waals surface area contributed by atoms with Crippen LogP contribution < -0.4 is 16.6 Å². The normalized spacial score (nSPS) is 12.6. The van der Waals surface area contributed by atoms with Gasteiger partial charge in [-0.1, -0.05) is 0 Å². The Kier molecular flexibility index (Phi) is 9.33. The molecule has 0 saturated carbocycles. The van der Waals surface area contributed by atoms with Gasteiger partial charge in [-0.25, -0.2) is 5.84 Å². The second-order valence-electron chi connectivity index (χ2n) is 3.32. The Hall–Kier alpha value is -1.06. The number of halogens is 3. The third-order valence-corrected chi connectivity index (χ3v) is 1.72.